The van der Waals surface area contributed by atoms with Crippen molar-refractivity contribution in [2.45, 2.75) is 46.1 Å². The van der Waals surface area contributed by atoms with Gasteiger partial charge in [-0.15, -0.1) is 11.3 Å². The highest BCUT2D eigenvalue weighted by atomic mass is 35.5. The number of thiophene rings is 1. The van der Waals surface area contributed by atoms with E-state index in [-0.39, 0.29) is 32.4 Å². The second kappa shape index (κ2) is 7.47. The van der Waals surface area contributed by atoms with Crippen molar-refractivity contribution >= 4 is 46.3 Å². The third-order valence-corrected chi connectivity index (χ3v) is 4.19. The molecule has 0 atom stereocenters. The maximum Gasteiger partial charge on any atom is 0.352 e. The third-order valence-electron chi connectivity index (χ3n) is 2.26. The number of Topliss-reactive ketones (excluding diaryl/α,β-unsaturated/α-hetero) is 1. The molecule has 1 rings (SSSR count). The Bertz CT molecular complexity index is 532. The first-order valence-corrected chi connectivity index (χ1v) is 8.08. The summed E-state index contributed by atoms with van der Waals surface area (Å²) in [5.74, 6) is -0.518. The maximum absolute atomic E-state index is 12.1. The lowest BCUT2D eigenvalue weighted by Gasteiger charge is -2.19. The van der Waals surface area contributed by atoms with Gasteiger partial charge in [0.15, 0.2) is 16.4 Å². The number of rotatable bonds is 6. The van der Waals surface area contributed by atoms with E-state index in [4.69, 9.17) is 32.7 Å². The number of carbonyl (C=O) groups is 2. The van der Waals surface area contributed by atoms with Gasteiger partial charge in [0.1, 0.15) is 21.6 Å². The van der Waals surface area contributed by atoms with Gasteiger partial charge < -0.3 is 9.47 Å². The molecule has 1 heterocycles. The van der Waals surface area contributed by atoms with Crippen LogP contribution >= 0.6 is 34.5 Å². The molecular weight excluding hydrogens is 335 g/mol. The molecule has 7 heteroatoms. The Morgan fingerprint density at radius 3 is 2.38 bits per heavy atom. The van der Waals surface area contributed by atoms with Crippen LogP contribution in [0, 0.1) is 0 Å². The predicted octanol–water partition coefficient (Wildman–Crippen LogP) is 4.76. The number of halogens is 2. The van der Waals surface area contributed by atoms with Gasteiger partial charge in [-0.05, 0) is 27.2 Å². The van der Waals surface area contributed by atoms with Crippen molar-refractivity contribution in [2.24, 2.45) is 0 Å². The summed E-state index contributed by atoms with van der Waals surface area (Å²) in [7, 11) is 0. The van der Waals surface area contributed by atoms with Crippen molar-refractivity contribution < 1.29 is 19.1 Å². The van der Waals surface area contributed by atoms with Crippen LogP contribution in [0.2, 0.25) is 9.36 Å². The fraction of sp³-hybridized carbons (Fsp3) is 0.571. The first kappa shape index (κ1) is 18.3. The van der Waals surface area contributed by atoms with Crippen LogP contribution in [0.25, 0.3) is 0 Å². The quantitative estimate of drug-likeness (QED) is 0.692. The Kier molecular flexibility index (Phi) is 6.50. The lowest BCUT2D eigenvalue weighted by atomic mass is 10.2. The van der Waals surface area contributed by atoms with Gasteiger partial charge in [-0.25, -0.2) is 4.79 Å². The Morgan fingerprint density at radius 1 is 1.24 bits per heavy atom. The normalized spacial score (nSPS) is 11.3. The predicted molar refractivity (Wildman–Crippen MR) is 84.9 cm³/mol. The minimum Gasteiger partial charge on any atom is -0.482 e. The summed E-state index contributed by atoms with van der Waals surface area (Å²) in [4.78, 5) is 23.8. The zero-order valence-electron chi connectivity index (χ0n) is 12.4. The lowest BCUT2D eigenvalue weighted by molar-refractivity contribution is -0.121. The smallest absolute Gasteiger partial charge is 0.352 e. The van der Waals surface area contributed by atoms with Crippen LogP contribution < -0.4 is 4.74 Å². The SMILES string of the molecule is CCCC(=O)COc1c(C(=O)OC(C)(C)C)sc(Cl)c1Cl. The summed E-state index contributed by atoms with van der Waals surface area (Å²) >= 11 is 12.9. The van der Waals surface area contributed by atoms with E-state index in [1.165, 1.54) is 0 Å². The van der Waals surface area contributed by atoms with Crippen LogP contribution in [0.4, 0.5) is 0 Å². The molecule has 0 radical (unpaired) electrons. The summed E-state index contributed by atoms with van der Waals surface area (Å²) in [6.07, 6.45) is 1.15. The molecular formula is C14H18Cl2O4S. The molecule has 1 aromatic heterocycles. The number of ketones is 1. The van der Waals surface area contributed by atoms with Gasteiger partial charge in [0.25, 0.3) is 0 Å². The van der Waals surface area contributed by atoms with E-state index in [2.05, 4.69) is 0 Å². The zero-order chi connectivity index (χ0) is 16.2. The highest BCUT2D eigenvalue weighted by Crippen LogP contribution is 2.43. The van der Waals surface area contributed by atoms with E-state index in [9.17, 15) is 9.59 Å². The fourth-order valence-corrected chi connectivity index (χ4v) is 2.84. The molecule has 21 heavy (non-hydrogen) atoms. The molecule has 0 spiro atoms. The molecule has 4 nitrogen and oxygen atoms in total. The molecule has 0 saturated heterocycles. The van der Waals surface area contributed by atoms with Crippen LogP contribution in [-0.2, 0) is 9.53 Å². The Balaban J connectivity index is 2.93. The summed E-state index contributed by atoms with van der Waals surface area (Å²) in [5.41, 5.74) is -0.644. The molecule has 0 bridgehead atoms. The van der Waals surface area contributed by atoms with Crippen LogP contribution in [0.5, 0.6) is 5.75 Å². The summed E-state index contributed by atoms with van der Waals surface area (Å²) < 4.78 is 10.9. The van der Waals surface area contributed by atoms with Gasteiger partial charge in [-0.2, -0.15) is 0 Å². The highest BCUT2D eigenvalue weighted by Gasteiger charge is 2.27. The average Bonchev–Trinajstić information content (AvgIpc) is 2.62. The van der Waals surface area contributed by atoms with E-state index >= 15 is 0 Å². The molecule has 0 aromatic carbocycles. The van der Waals surface area contributed by atoms with Crippen molar-refractivity contribution in [3.63, 3.8) is 0 Å². The minimum absolute atomic E-state index is 0.0639. The molecule has 0 aliphatic carbocycles. The zero-order valence-corrected chi connectivity index (χ0v) is 14.7. The molecule has 0 N–H and O–H groups in total. The molecule has 118 valence electrons. The molecule has 0 aliphatic heterocycles. The van der Waals surface area contributed by atoms with Crippen LogP contribution in [-0.4, -0.2) is 24.0 Å². The van der Waals surface area contributed by atoms with E-state index in [0.29, 0.717) is 6.42 Å². The van der Waals surface area contributed by atoms with Crippen molar-refractivity contribution in [3.8, 4) is 5.75 Å². The number of hydrogen-bond acceptors (Lipinski definition) is 5. The van der Waals surface area contributed by atoms with Gasteiger partial charge in [0, 0.05) is 6.42 Å². The first-order chi connectivity index (χ1) is 9.65. The van der Waals surface area contributed by atoms with E-state index < -0.39 is 11.6 Å². The van der Waals surface area contributed by atoms with E-state index in [1.807, 2.05) is 6.92 Å². The molecule has 0 unspecified atom stereocenters. The molecule has 1 aromatic rings. The maximum atomic E-state index is 12.1. The standard InChI is InChI=1S/C14H18Cl2O4S/c1-5-6-8(17)7-19-10-9(15)12(16)21-11(10)13(18)20-14(2,3)4/h5-7H2,1-4H3. The van der Waals surface area contributed by atoms with Crippen molar-refractivity contribution in [1.29, 1.82) is 0 Å². The average molecular weight is 353 g/mol. The summed E-state index contributed by atoms with van der Waals surface area (Å²) in [5, 5.41) is 0.131. The van der Waals surface area contributed by atoms with Crippen molar-refractivity contribution in [2.75, 3.05) is 6.61 Å². The number of ether oxygens (including phenoxy) is 2. The number of carbonyl (C=O) groups excluding carboxylic acids is 2. The Morgan fingerprint density at radius 2 is 1.86 bits per heavy atom. The summed E-state index contributed by atoms with van der Waals surface area (Å²) in [6, 6.07) is 0. The van der Waals surface area contributed by atoms with Gasteiger partial charge in [-0.1, -0.05) is 30.1 Å². The second-order valence-electron chi connectivity index (χ2n) is 5.43. The fourth-order valence-electron chi connectivity index (χ4n) is 1.46. The molecule has 0 saturated carbocycles. The van der Waals surface area contributed by atoms with Crippen LogP contribution in [0.3, 0.4) is 0 Å². The molecule has 0 amide bonds. The summed E-state index contributed by atoms with van der Waals surface area (Å²) in [6.45, 7) is 7.03. The van der Waals surface area contributed by atoms with Gasteiger partial charge in [-0.3, -0.25) is 4.79 Å². The van der Waals surface area contributed by atoms with Crippen molar-refractivity contribution in [3.05, 3.63) is 14.2 Å². The second-order valence-corrected chi connectivity index (χ2v) is 7.43. The lowest BCUT2D eigenvalue weighted by Crippen LogP contribution is -2.23. The van der Waals surface area contributed by atoms with E-state index in [1.54, 1.807) is 20.8 Å². The number of esters is 1. The largest absolute Gasteiger partial charge is 0.482 e. The molecule has 0 aliphatic rings. The monoisotopic (exact) mass is 352 g/mol. The first-order valence-electron chi connectivity index (χ1n) is 6.51. The Hall–Kier alpha value is -0.780. The molecule has 0 fully saturated rings. The third kappa shape index (κ3) is 5.49. The highest BCUT2D eigenvalue weighted by molar-refractivity contribution is 7.19. The minimum atomic E-state index is -0.644. The van der Waals surface area contributed by atoms with Gasteiger partial charge in [0.05, 0.1) is 0 Å². The van der Waals surface area contributed by atoms with Gasteiger partial charge >= 0.3 is 5.97 Å². The van der Waals surface area contributed by atoms with Crippen molar-refractivity contribution in [1.82, 2.24) is 0 Å². The van der Waals surface area contributed by atoms with Crippen LogP contribution in [0.15, 0.2) is 0 Å². The van der Waals surface area contributed by atoms with Crippen LogP contribution in [0.1, 0.15) is 50.2 Å². The van der Waals surface area contributed by atoms with Gasteiger partial charge in [0.2, 0.25) is 0 Å². The number of hydrogen-bond donors (Lipinski definition) is 0. The Labute approximate surface area is 138 Å². The van der Waals surface area contributed by atoms with E-state index in [0.717, 1.165) is 17.8 Å². The topological polar surface area (TPSA) is 52.6 Å².